The van der Waals surface area contributed by atoms with Gasteiger partial charge in [0.2, 0.25) is 11.8 Å². The molecule has 2 fully saturated rings. The number of carbonyl (C=O) groups excluding carboxylic acids is 6. The molecule has 266 valence electrons. The first-order valence-corrected chi connectivity index (χ1v) is 15.1. The fraction of sp³-hybridized carbons (Fsp3) is 0.613. The van der Waals surface area contributed by atoms with Crippen LogP contribution in [0, 0.1) is 0 Å². The number of nitrogens with one attached hydrogen (secondary N) is 2. The average Bonchev–Trinajstić information content (AvgIpc) is 2.99. The Bertz CT molecular complexity index is 1290. The zero-order valence-electron chi connectivity index (χ0n) is 27.4. The molecule has 0 radical (unpaired) electrons. The Labute approximate surface area is 276 Å². The lowest BCUT2D eigenvalue weighted by atomic mass is 9.95. The summed E-state index contributed by atoms with van der Waals surface area (Å²) in [6.07, 6.45) is -10.9. The lowest BCUT2D eigenvalue weighted by Crippen LogP contribution is -2.68. The first-order chi connectivity index (χ1) is 22.7. The van der Waals surface area contributed by atoms with Crippen molar-refractivity contribution in [3.63, 3.8) is 0 Å². The Morgan fingerprint density at radius 3 is 1.69 bits per heavy atom. The van der Waals surface area contributed by atoms with Gasteiger partial charge in [-0.2, -0.15) is 0 Å². The Hall–Kier alpha value is -4.16. The fourth-order valence-electron chi connectivity index (χ4n) is 5.29. The van der Waals surface area contributed by atoms with Gasteiger partial charge in [0.1, 0.15) is 37.0 Å². The molecule has 48 heavy (non-hydrogen) atoms. The number of carbonyl (C=O) groups is 6. The van der Waals surface area contributed by atoms with E-state index in [9.17, 15) is 33.9 Å². The number of aliphatic hydroxyl groups is 1. The van der Waals surface area contributed by atoms with Crippen LogP contribution >= 0.6 is 0 Å². The second kappa shape index (κ2) is 17.8. The maximum atomic E-state index is 12.3. The van der Waals surface area contributed by atoms with Gasteiger partial charge in [-0.05, 0) is 5.56 Å². The van der Waals surface area contributed by atoms with E-state index in [1.807, 2.05) is 6.07 Å². The Morgan fingerprint density at radius 1 is 0.646 bits per heavy atom. The molecule has 0 unspecified atom stereocenters. The lowest BCUT2D eigenvalue weighted by Gasteiger charge is -2.46. The highest BCUT2D eigenvalue weighted by Crippen LogP contribution is 2.30. The third-order valence-corrected chi connectivity index (χ3v) is 7.10. The van der Waals surface area contributed by atoms with E-state index in [0.29, 0.717) is 0 Å². The van der Waals surface area contributed by atoms with Crippen LogP contribution in [-0.2, 0) is 73.3 Å². The second-order valence-electron chi connectivity index (χ2n) is 11.2. The molecule has 2 heterocycles. The normalized spacial score (nSPS) is 29.9. The number of hydrogen-bond donors (Lipinski definition) is 3. The summed E-state index contributed by atoms with van der Waals surface area (Å²) in [6, 6.07) is 6.59. The molecule has 0 aliphatic carbocycles. The van der Waals surface area contributed by atoms with Crippen LogP contribution in [0.15, 0.2) is 30.3 Å². The molecule has 2 amide bonds. The molecule has 0 saturated carbocycles. The van der Waals surface area contributed by atoms with Gasteiger partial charge in [0.25, 0.3) is 0 Å². The SMILES string of the molecule is CC(=O)N[C@H]1[C@H](OC[C@H]2O[C@H](OCc3ccccc3)[C@H](NC(C)=O)[C@@H](OC(C)=O)[C@H]2O)O[C@H](COC(C)=O)[C@@H](OC(C)=O)[C@@H]1OC(C)=O. The van der Waals surface area contributed by atoms with Gasteiger partial charge < -0.3 is 53.6 Å². The van der Waals surface area contributed by atoms with Crippen molar-refractivity contribution in [3.8, 4) is 0 Å². The van der Waals surface area contributed by atoms with Crippen LogP contribution in [0.1, 0.15) is 47.1 Å². The van der Waals surface area contributed by atoms with Gasteiger partial charge in [-0.25, -0.2) is 0 Å². The highest BCUT2D eigenvalue weighted by atomic mass is 16.7. The number of benzene rings is 1. The molecule has 2 saturated heterocycles. The van der Waals surface area contributed by atoms with E-state index in [-0.39, 0.29) is 6.61 Å². The van der Waals surface area contributed by atoms with E-state index in [0.717, 1.165) is 33.3 Å². The molecule has 1 aromatic rings. The Kier molecular flexibility index (Phi) is 14.2. The molecule has 3 rings (SSSR count). The summed E-state index contributed by atoms with van der Waals surface area (Å²) >= 11 is 0. The summed E-state index contributed by atoms with van der Waals surface area (Å²) in [5.74, 6) is -4.12. The van der Waals surface area contributed by atoms with Crippen LogP contribution in [0.2, 0.25) is 0 Å². The van der Waals surface area contributed by atoms with Crippen molar-refractivity contribution < 1.29 is 71.8 Å². The molecule has 17 nitrogen and oxygen atoms in total. The van der Waals surface area contributed by atoms with Crippen molar-refractivity contribution in [1.29, 1.82) is 0 Å². The van der Waals surface area contributed by atoms with Crippen LogP contribution in [0.3, 0.4) is 0 Å². The van der Waals surface area contributed by atoms with E-state index in [1.54, 1.807) is 24.3 Å². The molecular formula is C31H42N2O15. The smallest absolute Gasteiger partial charge is 0.303 e. The van der Waals surface area contributed by atoms with E-state index >= 15 is 0 Å². The molecule has 17 heteroatoms. The molecule has 0 spiro atoms. The minimum atomic E-state index is -1.58. The van der Waals surface area contributed by atoms with Crippen molar-refractivity contribution in [2.45, 2.75) is 109 Å². The van der Waals surface area contributed by atoms with Crippen LogP contribution in [0.5, 0.6) is 0 Å². The van der Waals surface area contributed by atoms with Gasteiger partial charge in [-0.3, -0.25) is 28.8 Å². The second-order valence-corrected chi connectivity index (χ2v) is 11.2. The number of rotatable bonds is 13. The maximum Gasteiger partial charge on any atom is 0.303 e. The molecule has 3 N–H and O–H groups in total. The number of amides is 2. The van der Waals surface area contributed by atoms with Crippen LogP contribution in [0.4, 0.5) is 0 Å². The molecule has 2 aliphatic heterocycles. The minimum Gasteiger partial charge on any atom is -0.463 e. The van der Waals surface area contributed by atoms with E-state index in [1.165, 1.54) is 13.8 Å². The largest absolute Gasteiger partial charge is 0.463 e. The predicted octanol–water partition coefficient (Wildman–Crippen LogP) is -0.602. The van der Waals surface area contributed by atoms with E-state index in [2.05, 4.69) is 10.6 Å². The number of hydrogen-bond acceptors (Lipinski definition) is 15. The molecule has 2 aliphatic rings. The number of esters is 4. The summed E-state index contributed by atoms with van der Waals surface area (Å²) < 4.78 is 45.4. The quantitative estimate of drug-likeness (QED) is 0.175. The van der Waals surface area contributed by atoms with Crippen molar-refractivity contribution >= 4 is 35.7 Å². The van der Waals surface area contributed by atoms with Crippen molar-refractivity contribution in [1.82, 2.24) is 10.6 Å². The summed E-state index contributed by atoms with van der Waals surface area (Å²) in [7, 11) is 0. The lowest BCUT2D eigenvalue weighted by molar-refractivity contribution is -0.307. The topological polar surface area (TPSA) is 221 Å². The van der Waals surface area contributed by atoms with Gasteiger partial charge >= 0.3 is 23.9 Å². The summed E-state index contributed by atoms with van der Waals surface area (Å²) in [6.45, 7) is 5.97. The third-order valence-electron chi connectivity index (χ3n) is 7.10. The highest BCUT2D eigenvalue weighted by molar-refractivity contribution is 5.74. The summed E-state index contributed by atoms with van der Waals surface area (Å²) in [4.78, 5) is 72.3. The van der Waals surface area contributed by atoms with Crippen molar-refractivity contribution in [2.24, 2.45) is 0 Å². The van der Waals surface area contributed by atoms with Gasteiger partial charge in [-0.15, -0.1) is 0 Å². The van der Waals surface area contributed by atoms with Crippen LogP contribution in [-0.4, -0.2) is 115 Å². The zero-order chi connectivity index (χ0) is 35.5. The highest BCUT2D eigenvalue weighted by Gasteiger charge is 2.53. The summed E-state index contributed by atoms with van der Waals surface area (Å²) in [5.41, 5.74) is 0.761. The minimum absolute atomic E-state index is 0.0217. The zero-order valence-corrected chi connectivity index (χ0v) is 27.4. The van der Waals surface area contributed by atoms with Crippen molar-refractivity contribution in [3.05, 3.63) is 35.9 Å². The first-order valence-electron chi connectivity index (χ1n) is 15.1. The van der Waals surface area contributed by atoms with Gasteiger partial charge in [0.05, 0.1) is 13.2 Å². The Morgan fingerprint density at radius 2 is 1.15 bits per heavy atom. The number of aliphatic hydroxyl groups excluding tert-OH is 1. The molecule has 10 atom stereocenters. The maximum absolute atomic E-state index is 12.3. The summed E-state index contributed by atoms with van der Waals surface area (Å²) in [5, 5.41) is 16.5. The molecule has 0 aromatic heterocycles. The first kappa shape index (κ1) is 38.3. The standard InChI is InChI=1S/C31H42N2O15/c1-15(34)32-24-28(45-19(5)38)26(40)22(47-30(24)42-12-21-10-8-7-9-11-21)13-43-31-25(33-16(2)35)29(46-20(6)39)27(44-18(4)37)23(48-31)14-41-17(3)36/h7-11,22-31,40H,12-14H2,1-6H3,(H,32,34)(H,33,35)/t22-,23-,24-,25-,26+,27-,28-,29-,30+,31-/m1/s1. The molecule has 0 bridgehead atoms. The molecular weight excluding hydrogens is 640 g/mol. The van der Waals surface area contributed by atoms with Crippen molar-refractivity contribution in [2.75, 3.05) is 13.2 Å². The third kappa shape index (κ3) is 11.2. The van der Waals surface area contributed by atoms with Gasteiger partial charge in [0.15, 0.2) is 30.9 Å². The Balaban J connectivity index is 1.93. The van der Waals surface area contributed by atoms with Crippen LogP contribution < -0.4 is 10.6 Å². The van der Waals surface area contributed by atoms with Gasteiger partial charge in [-0.1, -0.05) is 30.3 Å². The number of ether oxygens (including phenoxy) is 8. The van der Waals surface area contributed by atoms with Gasteiger partial charge in [0, 0.05) is 41.5 Å². The monoisotopic (exact) mass is 682 g/mol. The fourth-order valence-corrected chi connectivity index (χ4v) is 5.29. The van der Waals surface area contributed by atoms with E-state index in [4.69, 9.17) is 37.9 Å². The van der Waals surface area contributed by atoms with Crippen LogP contribution in [0.25, 0.3) is 0 Å². The van der Waals surface area contributed by atoms with E-state index < -0.39 is 110 Å². The molecule has 1 aromatic carbocycles. The predicted molar refractivity (Wildman–Crippen MR) is 159 cm³/mol. The average molecular weight is 683 g/mol.